The van der Waals surface area contributed by atoms with Crippen molar-refractivity contribution < 1.29 is 33.9 Å². The zero-order chi connectivity index (χ0) is 30.5. The van der Waals surface area contributed by atoms with Gasteiger partial charge in [0.25, 0.3) is 0 Å². The third-order valence-corrected chi connectivity index (χ3v) is 6.19. The van der Waals surface area contributed by atoms with Gasteiger partial charge in [-0.2, -0.15) is 0 Å². The second-order valence-corrected chi connectivity index (χ2v) is 9.93. The first kappa shape index (κ1) is 32.5. The summed E-state index contributed by atoms with van der Waals surface area (Å²) in [5.74, 6) is -5.78. The van der Waals surface area contributed by atoms with Crippen LogP contribution >= 0.6 is 0 Å². The van der Waals surface area contributed by atoms with Gasteiger partial charge >= 0.3 is 5.97 Å². The summed E-state index contributed by atoms with van der Waals surface area (Å²) in [7, 11) is 0. The van der Waals surface area contributed by atoms with E-state index < -0.39 is 78.6 Å². The summed E-state index contributed by atoms with van der Waals surface area (Å²) in [6, 6.07) is 3.91. The van der Waals surface area contributed by atoms with Crippen molar-refractivity contribution in [3.8, 4) is 0 Å². The van der Waals surface area contributed by atoms with Gasteiger partial charge in [-0.1, -0.05) is 44.2 Å². The standard InChI is InChI=1S/C26H38N8O7/c1-14(2)21-25(41)32-16(9-6-10-29-26(27)28)23(39)33-18(12-20(36)37)22(38)30-13-19(35)31-17(24(40)34-21)11-15-7-4-3-5-8-15/h3-5,7-8,14,16-18,21H,6,9-13H2,1-2H3,(H,30,38)(H,31,35)(H,32,41)(H,33,39)(H,34,40)(H,36,37)(H4,27,28,29). The van der Waals surface area contributed by atoms with Gasteiger partial charge in [0.15, 0.2) is 5.96 Å². The minimum Gasteiger partial charge on any atom is -0.481 e. The maximum Gasteiger partial charge on any atom is 0.305 e. The molecule has 0 aromatic heterocycles. The molecule has 1 heterocycles. The number of nitrogens with two attached hydrogens (primary N) is 2. The monoisotopic (exact) mass is 574 g/mol. The summed E-state index contributed by atoms with van der Waals surface area (Å²) in [6.45, 7) is 2.95. The highest BCUT2D eigenvalue weighted by Gasteiger charge is 2.34. The fourth-order valence-corrected chi connectivity index (χ4v) is 4.07. The molecular weight excluding hydrogens is 536 g/mol. The fourth-order valence-electron chi connectivity index (χ4n) is 4.07. The number of guanidine groups is 1. The minimum atomic E-state index is -1.55. The first-order valence-electron chi connectivity index (χ1n) is 13.2. The third kappa shape index (κ3) is 11.1. The summed E-state index contributed by atoms with van der Waals surface area (Å²) in [6.07, 6.45) is -0.402. The highest BCUT2D eigenvalue weighted by molar-refractivity contribution is 5.98. The molecule has 41 heavy (non-hydrogen) atoms. The van der Waals surface area contributed by atoms with Crippen LogP contribution in [0.2, 0.25) is 0 Å². The van der Waals surface area contributed by atoms with Crippen molar-refractivity contribution in [1.82, 2.24) is 26.6 Å². The Balaban J connectivity index is 2.42. The van der Waals surface area contributed by atoms with E-state index in [9.17, 15) is 33.9 Å². The van der Waals surface area contributed by atoms with Gasteiger partial charge in [-0.05, 0) is 24.3 Å². The van der Waals surface area contributed by atoms with Gasteiger partial charge in [0.2, 0.25) is 29.5 Å². The van der Waals surface area contributed by atoms with Crippen LogP contribution in [0.15, 0.2) is 35.3 Å². The summed E-state index contributed by atoms with van der Waals surface area (Å²) in [4.78, 5) is 80.6. The number of hydrogen-bond acceptors (Lipinski definition) is 7. The van der Waals surface area contributed by atoms with Crippen LogP contribution in [-0.2, 0) is 35.2 Å². The Bertz CT molecular complexity index is 1140. The van der Waals surface area contributed by atoms with E-state index in [1.54, 1.807) is 44.2 Å². The minimum absolute atomic E-state index is 0.0329. The van der Waals surface area contributed by atoms with Crippen LogP contribution in [0, 0.1) is 5.92 Å². The molecule has 1 aliphatic rings. The zero-order valence-electron chi connectivity index (χ0n) is 23.0. The van der Waals surface area contributed by atoms with Gasteiger partial charge in [0, 0.05) is 13.0 Å². The second kappa shape index (κ2) is 15.8. The molecule has 10 N–H and O–H groups in total. The number of carboxylic acid groups (broad SMARTS) is 1. The molecule has 15 nitrogen and oxygen atoms in total. The van der Waals surface area contributed by atoms with E-state index in [0.717, 1.165) is 5.56 Å². The number of carbonyl (C=O) groups excluding carboxylic acids is 5. The maximum absolute atomic E-state index is 13.4. The number of amides is 5. The molecule has 1 aromatic carbocycles. The molecular formula is C26H38N8O7. The van der Waals surface area contributed by atoms with Crippen LogP contribution in [-0.4, -0.2) is 83.8 Å². The average molecular weight is 575 g/mol. The lowest BCUT2D eigenvalue weighted by Crippen LogP contribution is -2.59. The molecule has 1 aliphatic heterocycles. The van der Waals surface area contributed by atoms with Crippen LogP contribution in [0.25, 0.3) is 0 Å². The predicted molar refractivity (Wildman–Crippen MR) is 148 cm³/mol. The number of aliphatic imine (C=N–C) groups is 1. The summed E-state index contributed by atoms with van der Waals surface area (Å²) < 4.78 is 0. The van der Waals surface area contributed by atoms with E-state index in [2.05, 4.69) is 31.6 Å². The van der Waals surface area contributed by atoms with Gasteiger partial charge in [0.1, 0.15) is 24.2 Å². The highest BCUT2D eigenvalue weighted by atomic mass is 16.4. The molecule has 15 heteroatoms. The number of nitrogens with zero attached hydrogens (tertiary/aromatic N) is 1. The molecule has 0 bridgehead atoms. The van der Waals surface area contributed by atoms with E-state index in [1.165, 1.54) is 0 Å². The molecule has 224 valence electrons. The van der Waals surface area contributed by atoms with Crippen LogP contribution in [0.4, 0.5) is 0 Å². The lowest BCUT2D eigenvalue weighted by atomic mass is 10.00. The van der Waals surface area contributed by atoms with Gasteiger partial charge in [-0.3, -0.25) is 33.8 Å². The van der Waals surface area contributed by atoms with Crippen LogP contribution in [0.5, 0.6) is 0 Å². The van der Waals surface area contributed by atoms with E-state index >= 15 is 0 Å². The smallest absolute Gasteiger partial charge is 0.305 e. The number of nitrogens with one attached hydrogen (secondary N) is 5. The normalized spacial score (nSPS) is 22.7. The molecule has 1 saturated heterocycles. The number of rotatable bonds is 9. The van der Waals surface area contributed by atoms with Crippen LogP contribution < -0.4 is 38.1 Å². The Kier molecular flexibility index (Phi) is 12.5. The second-order valence-electron chi connectivity index (χ2n) is 9.93. The molecule has 4 atom stereocenters. The van der Waals surface area contributed by atoms with Crippen molar-refractivity contribution in [2.75, 3.05) is 13.1 Å². The van der Waals surface area contributed by atoms with Crippen molar-refractivity contribution in [3.05, 3.63) is 35.9 Å². The van der Waals surface area contributed by atoms with E-state index in [4.69, 9.17) is 11.5 Å². The highest BCUT2D eigenvalue weighted by Crippen LogP contribution is 2.09. The summed E-state index contributed by atoms with van der Waals surface area (Å²) in [5, 5.41) is 21.8. The number of carbonyl (C=O) groups is 6. The molecule has 5 amide bonds. The molecule has 1 aromatic rings. The van der Waals surface area contributed by atoms with E-state index in [1.807, 2.05) is 0 Å². The first-order valence-corrected chi connectivity index (χ1v) is 13.2. The van der Waals surface area contributed by atoms with E-state index in [-0.39, 0.29) is 31.8 Å². The molecule has 2 rings (SSSR count). The molecule has 0 radical (unpaired) electrons. The van der Waals surface area contributed by atoms with Crippen molar-refractivity contribution in [3.63, 3.8) is 0 Å². The first-order chi connectivity index (χ1) is 19.4. The summed E-state index contributed by atoms with van der Waals surface area (Å²) >= 11 is 0. The molecule has 0 aliphatic carbocycles. The van der Waals surface area contributed by atoms with Crippen molar-refractivity contribution in [2.24, 2.45) is 22.4 Å². The third-order valence-electron chi connectivity index (χ3n) is 6.19. The summed E-state index contributed by atoms with van der Waals surface area (Å²) in [5.41, 5.74) is 11.4. The van der Waals surface area contributed by atoms with Crippen molar-refractivity contribution in [2.45, 2.75) is 63.7 Å². The number of carboxylic acids is 1. The van der Waals surface area contributed by atoms with Crippen molar-refractivity contribution >= 4 is 41.5 Å². The number of aliphatic carboxylic acids is 1. The molecule has 1 fully saturated rings. The van der Waals surface area contributed by atoms with E-state index in [0.29, 0.717) is 0 Å². The molecule has 0 spiro atoms. The lowest BCUT2D eigenvalue weighted by Gasteiger charge is -2.27. The van der Waals surface area contributed by atoms with Gasteiger partial charge in [0.05, 0.1) is 13.0 Å². The van der Waals surface area contributed by atoms with Gasteiger partial charge < -0.3 is 43.2 Å². The van der Waals surface area contributed by atoms with Crippen LogP contribution in [0.1, 0.15) is 38.7 Å². The topological polar surface area (TPSA) is 247 Å². The van der Waals surface area contributed by atoms with Gasteiger partial charge in [-0.15, -0.1) is 0 Å². The lowest BCUT2D eigenvalue weighted by molar-refractivity contribution is -0.141. The Hall–Kier alpha value is -4.69. The quantitative estimate of drug-likeness (QED) is 0.0879. The Morgan fingerprint density at radius 2 is 1.54 bits per heavy atom. The van der Waals surface area contributed by atoms with Gasteiger partial charge in [-0.25, -0.2) is 0 Å². The number of hydrogen-bond donors (Lipinski definition) is 8. The van der Waals surface area contributed by atoms with Crippen LogP contribution in [0.3, 0.4) is 0 Å². The number of benzene rings is 1. The zero-order valence-corrected chi connectivity index (χ0v) is 23.0. The predicted octanol–water partition coefficient (Wildman–Crippen LogP) is -2.52. The molecule has 4 unspecified atom stereocenters. The SMILES string of the molecule is CC(C)C1NC(=O)C(Cc2ccccc2)NC(=O)CNC(=O)C(CC(=O)O)NC(=O)C(CCCN=C(N)N)NC1=O. The molecule has 0 saturated carbocycles. The maximum atomic E-state index is 13.4. The fraction of sp³-hybridized carbons (Fsp3) is 0.500. The average Bonchev–Trinajstić information content (AvgIpc) is 2.90. The Morgan fingerprint density at radius 3 is 2.15 bits per heavy atom. The Morgan fingerprint density at radius 1 is 0.902 bits per heavy atom. The Labute approximate surface area is 237 Å². The largest absolute Gasteiger partial charge is 0.481 e. The van der Waals surface area contributed by atoms with Crippen molar-refractivity contribution in [1.29, 1.82) is 0 Å².